The van der Waals surface area contributed by atoms with Gasteiger partial charge in [-0.15, -0.1) is 6.58 Å². The van der Waals surface area contributed by atoms with Gasteiger partial charge in [0.1, 0.15) is 11.6 Å². The van der Waals surface area contributed by atoms with Crippen molar-refractivity contribution in [3.8, 4) is 0 Å². The molecule has 3 fully saturated rings. The number of nitrogens with zero attached hydrogens (tertiary/aromatic N) is 2. The Morgan fingerprint density at radius 3 is 2.58 bits per heavy atom. The van der Waals surface area contributed by atoms with E-state index in [2.05, 4.69) is 13.5 Å². The zero-order valence-electron chi connectivity index (χ0n) is 20.5. The highest BCUT2D eigenvalue weighted by atomic mass is 16.5. The minimum atomic E-state index is -1.18. The van der Waals surface area contributed by atoms with Crippen LogP contribution in [-0.4, -0.2) is 80.8 Å². The van der Waals surface area contributed by atoms with E-state index in [-0.39, 0.29) is 24.3 Å². The summed E-state index contributed by atoms with van der Waals surface area (Å²) < 4.78 is 6.43. The van der Waals surface area contributed by atoms with Gasteiger partial charge in [-0.1, -0.05) is 39.7 Å². The van der Waals surface area contributed by atoms with Crippen LogP contribution in [0, 0.1) is 17.8 Å². The van der Waals surface area contributed by atoms with E-state index in [1.54, 1.807) is 17.9 Å². The first-order chi connectivity index (χ1) is 15.6. The van der Waals surface area contributed by atoms with Crippen molar-refractivity contribution in [1.29, 1.82) is 0 Å². The van der Waals surface area contributed by atoms with Crippen LogP contribution in [0.4, 0.5) is 0 Å². The van der Waals surface area contributed by atoms with Gasteiger partial charge in [-0.2, -0.15) is 0 Å². The molecule has 0 aromatic heterocycles. The smallest absolute Gasteiger partial charge is 0.310 e. The van der Waals surface area contributed by atoms with Crippen LogP contribution in [0.3, 0.4) is 0 Å². The van der Waals surface area contributed by atoms with Crippen molar-refractivity contribution in [2.24, 2.45) is 17.8 Å². The number of aliphatic carboxylic acids is 1. The van der Waals surface area contributed by atoms with E-state index in [4.69, 9.17) is 4.74 Å². The van der Waals surface area contributed by atoms with Gasteiger partial charge >= 0.3 is 5.97 Å². The summed E-state index contributed by atoms with van der Waals surface area (Å²) in [5.41, 5.74) is -2.16. The molecule has 0 aliphatic carbocycles. The van der Waals surface area contributed by atoms with E-state index in [1.165, 1.54) is 4.90 Å². The summed E-state index contributed by atoms with van der Waals surface area (Å²) in [6.45, 7) is 12.2. The predicted octanol–water partition coefficient (Wildman–Crippen LogP) is 2.45. The molecule has 3 saturated heterocycles. The summed E-state index contributed by atoms with van der Waals surface area (Å²) in [7, 11) is 0. The highest BCUT2D eigenvalue weighted by Gasteiger charge is 2.78. The molecule has 0 aromatic carbocycles. The molecule has 2 N–H and O–H groups in total. The minimum Gasteiger partial charge on any atom is -0.481 e. The van der Waals surface area contributed by atoms with Crippen molar-refractivity contribution < 1.29 is 29.3 Å². The van der Waals surface area contributed by atoms with E-state index in [0.29, 0.717) is 32.4 Å². The lowest BCUT2D eigenvalue weighted by Crippen LogP contribution is -2.59. The van der Waals surface area contributed by atoms with Crippen LogP contribution in [0.5, 0.6) is 0 Å². The SMILES string of the molecule is C=CCN(CCCCC)C(=O)C1N([C@@H](CO)CC(C)C)C(=O)[C@@H]2[C@@H](C(=O)O)[C@@]3(C)CCC12O3. The first-order valence-corrected chi connectivity index (χ1v) is 12.3. The van der Waals surface area contributed by atoms with Crippen molar-refractivity contribution >= 4 is 17.8 Å². The maximum absolute atomic E-state index is 14.1. The Morgan fingerprint density at radius 2 is 2.03 bits per heavy atom. The molecule has 0 aromatic rings. The lowest BCUT2D eigenvalue weighted by Gasteiger charge is -2.40. The van der Waals surface area contributed by atoms with Crippen molar-refractivity contribution in [3.63, 3.8) is 0 Å². The van der Waals surface area contributed by atoms with Crippen LogP contribution in [0.2, 0.25) is 0 Å². The summed E-state index contributed by atoms with van der Waals surface area (Å²) >= 11 is 0. The molecule has 3 rings (SSSR count). The fourth-order valence-electron chi connectivity index (χ4n) is 6.41. The number of rotatable bonds is 12. The molecule has 2 amide bonds. The number of hydrogen-bond acceptors (Lipinski definition) is 5. The van der Waals surface area contributed by atoms with Crippen molar-refractivity contribution in [1.82, 2.24) is 9.80 Å². The average molecular weight is 465 g/mol. The number of carbonyl (C=O) groups excluding carboxylic acids is 2. The molecule has 6 atom stereocenters. The van der Waals surface area contributed by atoms with Gasteiger partial charge in [-0.25, -0.2) is 0 Å². The Morgan fingerprint density at radius 1 is 1.33 bits per heavy atom. The normalized spacial score (nSPS) is 33.5. The van der Waals surface area contributed by atoms with Gasteiger partial charge in [0.25, 0.3) is 0 Å². The Bertz CT molecular complexity index is 785. The van der Waals surface area contributed by atoms with E-state index in [9.17, 15) is 24.6 Å². The lowest BCUT2D eigenvalue weighted by atomic mass is 9.66. The second kappa shape index (κ2) is 9.74. The van der Waals surface area contributed by atoms with Crippen LogP contribution in [0.15, 0.2) is 12.7 Å². The quantitative estimate of drug-likeness (QED) is 0.339. The number of carboxylic acids is 1. The summed E-state index contributed by atoms with van der Waals surface area (Å²) in [5, 5.41) is 20.3. The van der Waals surface area contributed by atoms with Gasteiger partial charge in [-0.05, 0) is 38.5 Å². The molecule has 2 unspecified atom stereocenters. The summed E-state index contributed by atoms with van der Waals surface area (Å²) in [4.78, 5) is 43.4. The molecule has 1 spiro atoms. The van der Waals surface area contributed by atoms with Gasteiger partial charge < -0.3 is 24.7 Å². The number of aliphatic hydroxyl groups excluding tert-OH is 1. The van der Waals surface area contributed by atoms with Gasteiger partial charge in [0, 0.05) is 13.1 Å². The molecule has 8 heteroatoms. The lowest BCUT2D eigenvalue weighted by molar-refractivity contribution is -0.158. The number of aliphatic hydroxyl groups is 1. The first-order valence-electron chi connectivity index (χ1n) is 12.3. The molecule has 3 aliphatic heterocycles. The molecule has 0 radical (unpaired) electrons. The van der Waals surface area contributed by atoms with Crippen LogP contribution in [0.1, 0.15) is 66.2 Å². The molecular weight excluding hydrogens is 424 g/mol. The van der Waals surface area contributed by atoms with E-state index >= 15 is 0 Å². The molecule has 2 bridgehead atoms. The second-order valence-corrected chi connectivity index (χ2v) is 10.6. The van der Waals surface area contributed by atoms with E-state index in [1.807, 2.05) is 13.8 Å². The monoisotopic (exact) mass is 464 g/mol. The maximum atomic E-state index is 14.1. The van der Waals surface area contributed by atoms with Crippen LogP contribution in [0.25, 0.3) is 0 Å². The topological polar surface area (TPSA) is 107 Å². The van der Waals surface area contributed by atoms with Crippen LogP contribution < -0.4 is 0 Å². The molecule has 186 valence electrons. The third kappa shape index (κ3) is 4.20. The number of fused-ring (bicyclic) bond motifs is 1. The molecular formula is C25H40N2O6. The second-order valence-electron chi connectivity index (χ2n) is 10.6. The number of likely N-dealkylation sites (tertiary alicyclic amines) is 1. The number of ether oxygens (including phenoxy) is 1. The molecule has 3 aliphatic rings. The molecule has 3 heterocycles. The number of carbonyl (C=O) groups is 3. The largest absolute Gasteiger partial charge is 0.481 e. The van der Waals surface area contributed by atoms with Gasteiger partial charge in [0.15, 0.2) is 0 Å². The van der Waals surface area contributed by atoms with Gasteiger partial charge in [-0.3, -0.25) is 14.4 Å². The Kier molecular flexibility index (Phi) is 7.58. The minimum absolute atomic E-state index is 0.183. The zero-order chi connectivity index (χ0) is 24.6. The highest BCUT2D eigenvalue weighted by molar-refractivity contribution is 5.98. The standard InChI is InChI=1S/C25H40N2O6/c1-6-8-9-13-26(12-7-2)22(30)20-25-11-10-24(5,33-25)19(23(31)32)18(25)21(29)27(20)17(15-28)14-16(3)4/h7,16-20,28H,2,6,8-15H2,1,3-5H3,(H,31,32)/t17-,18+,19+,20?,24-,25?/m1/s1. The number of amides is 2. The Balaban J connectivity index is 2.07. The van der Waals surface area contributed by atoms with E-state index < -0.39 is 41.1 Å². The first kappa shape index (κ1) is 25.7. The Labute approximate surface area is 196 Å². The third-order valence-electron chi connectivity index (χ3n) is 7.75. The predicted molar refractivity (Wildman–Crippen MR) is 123 cm³/mol. The third-order valence-corrected chi connectivity index (χ3v) is 7.75. The maximum Gasteiger partial charge on any atom is 0.310 e. The number of carboxylic acid groups (broad SMARTS) is 1. The van der Waals surface area contributed by atoms with Crippen molar-refractivity contribution in [3.05, 3.63) is 12.7 Å². The summed E-state index contributed by atoms with van der Waals surface area (Å²) in [6, 6.07) is -1.52. The summed E-state index contributed by atoms with van der Waals surface area (Å²) in [6.07, 6.45) is 5.94. The molecule has 0 saturated carbocycles. The zero-order valence-corrected chi connectivity index (χ0v) is 20.5. The Hall–Kier alpha value is -1.93. The summed E-state index contributed by atoms with van der Waals surface area (Å²) in [5.74, 6) is -3.44. The highest BCUT2D eigenvalue weighted by Crippen LogP contribution is 2.63. The number of hydrogen-bond donors (Lipinski definition) is 2. The fourth-order valence-corrected chi connectivity index (χ4v) is 6.41. The van der Waals surface area contributed by atoms with Gasteiger partial charge in [0.2, 0.25) is 11.8 Å². The molecule has 8 nitrogen and oxygen atoms in total. The van der Waals surface area contributed by atoms with Crippen molar-refractivity contribution in [2.45, 2.75) is 89.5 Å². The number of unbranched alkanes of at least 4 members (excludes halogenated alkanes) is 2. The van der Waals surface area contributed by atoms with Crippen LogP contribution in [-0.2, 0) is 19.1 Å². The fraction of sp³-hybridized carbons (Fsp3) is 0.800. The average Bonchev–Trinajstić information content (AvgIpc) is 3.31. The van der Waals surface area contributed by atoms with Crippen molar-refractivity contribution in [2.75, 3.05) is 19.7 Å². The van der Waals surface area contributed by atoms with E-state index in [0.717, 1.165) is 19.3 Å². The molecule has 33 heavy (non-hydrogen) atoms. The van der Waals surface area contributed by atoms with Crippen LogP contribution >= 0.6 is 0 Å². The van der Waals surface area contributed by atoms with Gasteiger partial charge in [0.05, 0.1) is 30.1 Å².